The summed E-state index contributed by atoms with van der Waals surface area (Å²) in [5.74, 6) is -5.11. The van der Waals surface area contributed by atoms with Gasteiger partial charge in [-0.2, -0.15) is 0 Å². The Morgan fingerprint density at radius 3 is 1.96 bits per heavy atom. The molecule has 0 aromatic heterocycles. The normalized spacial score (nSPS) is 13.9. The van der Waals surface area contributed by atoms with Gasteiger partial charge in [0, 0.05) is 6.42 Å². The molecule has 0 aliphatic carbocycles. The summed E-state index contributed by atoms with van der Waals surface area (Å²) in [6.07, 6.45) is -0.860. The number of carbonyl (C=O) groups is 5. The van der Waals surface area contributed by atoms with Crippen LogP contribution in [0.15, 0.2) is 0 Å². The Bertz CT molecular complexity index is 524. The van der Waals surface area contributed by atoms with Crippen LogP contribution in [-0.2, 0) is 24.0 Å². The zero-order chi connectivity index (χ0) is 19.6. The molecule has 0 spiro atoms. The molecule has 3 amide bonds. The molecule has 0 bridgehead atoms. The van der Waals surface area contributed by atoms with E-state index in [9.17, 15) is 29.1 Å². The van der Waals surface area contributed by atoms with E-state index in [1.807, 2.05) is 5.32 Å². The van der Waals surface area contributed by atoms with Gasteiger partial charge in [0.05, 0.1) is 13.2 Å². The van der Waals surface area contributed by atoms with Gasteiger partial charge in [-0.1, -0.05) is 0 Å². The summed E-state index contributed by atoms with van der Waals surface area (Å²) in [5, 5.41) is 33.1. The van der Waals surface area contributed by atoms with E-state index in [0.29, 0.717) is 0 Å². The van der Waals surface area contributed by atoms with E-state index in [1.165, 1.54) is 6.92 Å². The highest BCUT2D eigenvalue weighted by atomic mass is 16.4. The second kappa shape index (κ2) is 10.9. The van der Waals surface area contributed by atoms with E-state index in [2.05, 4.69) is 10.6 Å². The molecule has 12 heteroatoms. The zero-order valence-corrected chi connectivity index (χ0v) is 13.5. The first-order valence-corrected chi connectivity index (χ1v) is 7.28. The molecular formula is C13H22N4O8. The molecule has 3 unspecified atom stereocenters. The molecule has 0 rings (SSSR count). The Balaban J connectivity index is 4.77. The standard InChI is InChI=1S/C13H22N4O8/c1-6(15-9(19)4-14)11(22)17-8(5-18)12(23)16-7(13(24)25)2-3-10(20)21/h6-8,18H,2-5,14H2,1H3,(H,15,19)(H,16,23)(H,17,22)(H,20,21)(H,24,25). The molecule has 0 heterocycles. The molecule has 8 N–H and O–H groups in total. The third kappa shape index (κ3) is 8.62. The highest BCUT2D eigenvalue weighted by Gasteiger charge is 2.27. The molecule has 142 valence electrons. The lowest BCUT2D eigenvalue weighted by Crippen LogP contribution is -2.56. The van der Waals surface area contributed by atoms with Crippen LogP contribution in [0.3, 0.4) is 0 Å². The maximum Gasteiger partial charge on any atom is 0.326 e. The molecule has 0 saturated heterocycles. The number of aliphatic carboxylic acids is 2. The van der Waals surface area contributed by atoms with Gasteiger partial charge in [0.1, 0.15) is 18.1 Å². The van der Waals surface area contributed by atoms with E-state index < -0.39 is 60.8 Å². The van der Waals surface area contributed by atoms with Gasteiger partial charge in [-0.05, 0) is 13.3 Å². The van der Waals surface area contributed by atoms with Gasteiger partial charge in [0.15, 0.2) is 0 Å². The number of nitrogens with one attached hydrogen (secondary N) is 3. The minimum atomic E-state index is -1.50. The quantitative estimate of drug-likeness (QED) is 0.193. The van der Waals surface area contributed by atoms with Crippen LogP contribution >= 0.6 is 0 Å². The molecule has 12 nitrogen and oxygen atoms in total. The van der Waals surface area contributed by atoms with Crippen molar-refractivity contribution in [2.45, 2.75) is 37.9 Å². The molecule has 0 aliphatic heterocycles. The number of hydrogen-bond donors (Lipinski definition) is 7. The average Bonchev–Trinajstić information content (AvgIpc) is 2.54. The predicted molar refractivity (Wildman–Crippen MR) is 82.1 cm³/mol. The maximum atomic E-state index is 12.0. The predicted octanol–water partition coefficient (Wildman–Crippen LogP) is -3.64. The van der Waals surface area contributed by atoms with Crippen LogP contribution in [0.4, 0.5) is 0 Å². The van der Waals surface area contributed by atoms with E-state index >= 15 is 0 Å². The van der Waals surface area contributed by atoms with Crippen molar-refractivity contribution in [3.05, 3.63) is 0 Å². The van der Waals surface area contributed by atoms with Crippen LogP contribution in [0, 0.1) is 0 Å². The van der Waals surface area contributed by atoms with Crippen molar-refractivity contribution < 1.29 is 39.3 Å². The molecule has 3 atom stereocenters. The number of aliphatic hydroxyl groups is 1. The second-order valence-corrected chi connectivity index (χ2v) is 5.07. The summed E-state index contributed by atoms with van der Waals surface area (Å²) in [7, 11) is 0. The minimum absolute atomic E-state index is 0.342. The van der Waals surface area contributed by atoms with Gasteiger partial charge in [-0.3, -0.25) is 19.2 Å². The number of nitrogens with two attached hydrogens (primary N) is 1. The first-order chi connectivity index (χ1) is 11.6. The molecule has 25 heavy (non-hydrogen) atoms. The van der Waals surface area contributed by atoms with Crippen molar-refractivity contribution in [1.82, 2.24) is 16.0 Å². The maximum absolute atomic E-state index is 12.0. The SMILES string of the molecule is CC(NC(=O)CN)C(=O)NC(CO)C(=O)NC(CCC(=O)O)C(=O)O. The van der Waals surface area contributed by atoms with Crippen LogP contribution < -0.4 is 21.7 Å². The Kier molecular flexibility index (Phi) is 9.74. The Morgan fingerprint density at radius 1 is 0.960 bits per heavy atom. The summed E-state index contributed by atoms with van der Waals surface area (Å²) in [6.45, 7) is 0.147. The van der Waals surface area contributed by atoms with Gasteiger partial charge >= 0.3 is 11.9 Å². The summed E-state index contributed by atoms with van der Waals surface area (Å²) in [4.78, 5) is 56.4. The summed E-state index contributed by atoms with van der Waals surface area (Å²) in [5.41, 5.74) is 5.08. The Hall–Kier alpha value is -2.73. The number of rotatable bonds is 11. The lowest BCUT2D eigenvalue weighted by molar-refractivity contribution is -0.143. The van der Waals surface area contributed by atoms with Gasteiger partial charge in [0.25, 0.3) is 0 Å². The topological polar surface area (TPSA) is 208 Å². The van der Waals surface area contributed by atoms with Crippen molar-refractivity contribution in [3.63, 3.8) is 0 Å². The smallest absolute Gasteiger partial charge is 0.326 e. The largest absolute Gasteiger partial charge is 0.481 e. The van der Waals surface area contributed by atoms with Crippen molar-refractivity contribution in [2.75, 3.05) is 13.2 Å². The fourth-order valence-corrected chi connectivity index (χ4v) is 1.65. The number of carboxylic acids is 2. The van der Waals surface area contributed by atoms with Gasteiger partial charge in [-0.15, -0.1) is 0 Å². The first kappa shape index (κ1) is 22.3. The molecule has 0 aromatic rings. The van der Waals surface area contributed by atoms with Crippen LogP contribution in [0.25, 0.3) is 0 Å². The summed E-state index contributed by atoms with van der Waals surface area (Å²) < 4.78 is 0. The summed E-state index contributed by atoms with van der Waals surface area (Å²) in [6, 6.07) is -4.01. The first-order valence-electron chi connectivity index (χ1n) is 7.28. The average molecular weight is 362 g/mol. The lowest BCUT2D eigenvalue weighted by Gasteiger charge is -2.21. The minimum Gasteiger partial charge on any atom is -0.481 e. The fraction of sp³-hybridized carbons (Fsp3) is 0.615. The lowest BCUT2D eigenvalue weighted by atomic mass is 10.1. The third-order valence-electron chi connectivity index (χ3n) is 3.03. The van der Waals surface area contributed by atoms with E-state index in [1.54, 1.807) is 0 Å². The number of carboxylic acid groups (broad SMARTS) is 2. The van der Waals surface area contributed by atoms with E-state index in [0.717, 1.165) is 0 Å². The van der Waals surface area contributed by atoms with Crippen molar-refractivity contribution in [2.24, 2.45) is 5.73 Å². The number of aliphatic hydroxyl groups excluding tert-OH is 1. The van der Waals surface area contributed by atoms with Gasteiger partial charge in [-0.25, -0.2) is 4.79 Å². The Labute approximate surface area is 142 Å². The van der Waals surface area contributed by atoms with Gasteiger partial charge in [0.2, 0.25) is 17.7 Å². The fourth-order valence-electron chi connectivity index (χ4n) is 1.65. The van der Waals surface area contributed by atoms with Crippen LogP contribution in [0.1, 0.15) is 19.8 Å². The van der Waals surface area contributed by atoms with Crippen LogP contribution in [-0.4, -0.2) is 76.3 Å². The van der Waals surface area contributed by atoms with E-state index in [-0.39, 0.29) is 13.0 Å². The Morgan fingerprint density at radius 2 is 1.52 bits per heavy atom. The van der Waals surface area contributed by atoms with Gasteiger partial charge < -0.3 is 37.0 Å². The monoisotopic (exact) mass is 362 g/mol. The van der Waals surface area contributed by atoms with Crippen molar-refractivity contribution >= 4 is 29.7 Å². The molecular weight excluding hydrogens is 340 g/mol. The number of amides is 3. The molecule has 0 aliphatic rings. The highest BCUT2D eigenvalue weighted by Crippen LogP contribution is 1.99. The molecule has 0 fully saturated rings. The van der Waals surface area contributed by atoms with Crippen LogP contribution in [0.2, 0.25) is 0 Å². The second-order valence-electron chi connectivity index (χ2n) is 5.07. The third-order valence-corrected chi connectivity index (χ3v) is 3.03. The molecule has 0 aromatic carbocycles. The molecule has 0 saturated carbocycles. The zero-order valence-electron chi connectivity index (χ0n) is 13.5. The highest BCUT2D eigenvalue weighted by molar-refractivity contribution is 5.93. The van der Waals surface area contributed by atoms with Crippen molar-refractivity contribution in [3.8, 4) is 0 Å². The molecule has 0 radical (unpaired) electrons. The van der Waals surface area contributed by atoms with Crippen LogP contribution in [0.5, 0.6) is 0 Å². The summed E-state index contributed by atoms with van der Waals surface area (Å²) >= 11 is 0. The number of carbonyl (C=O) groups excluding carboxylic acids is 3. The van der Waals surface area contributed by atoms with E-state index in [4.69, 9.17) is 15.9 Å². The van der Waals surface area contributed by atoms with Crippen molar-refractivity contribution in [1.29, 1.82) is 0 Å². The number of hydrogen-bond acceptors (Lipinski definition) is 7.